The van der Waals surface area contributed by atoms with Crippen LogP contribution in [0.5, 0.6) is 5.75 Å². The summed E-state index contributed by atoms with van der Waals surface area (Å²) >= 11 is 12.1. The maximum absolute atomic E-state index is 12.4. The third-order valence-corrected chi connectivity index (χ3v) is 3.75. The van der Waals surface area contributed by atoms with E-state index in [2.05, 4.69) is 10.6 Å². The van der Waals surface area contributed by atoms with Crippen molar-refractivity contribution in [2.75, 3.05) is 17.7 Å². The Bertz CT molecular complexity index is 755. The molecule has 0 radical (unpaired) electrons. The fourth-order valence-electron chi connectivity index (χ4n) is 2.01. The highest BCUT2D eigenvalue weighted by atomic mass is 35.5. The Morgan fingerprint density at radius 3 is 2.17 bits per heavy atom. The molecule has 0 atom stereocenters. The molecule has 0 heterocycles. The molecule has 0 aliphatic carbocycles. The summed E-state index contributed by atoms with van der Waals surface area (Å²) < 4.78 is 5.06. The Kier molecular flexibility index (Phi) is 6.06. The van der Waals surface area contributed by atoms with Crippen LogP contribution in [0.3, 0.4) is 0 Å². The van der Waals surface area contributed by atoms with Gasteiger partial charge >= 0.3 is 0 Å². The Morgan fingerprint density at radius 1 is 1.04 bits per heavy atom. The van der Waals surface area contributed by atoms with Crippen LogP contribution in [-0.2, 0) is 4.79 Å². The number of amides is 2. The first-order valence-corrected chi connectivity index (χ1v) is 7.94. The number of carbonyl (C=O) groups excluding carboxylic acids is 2. The molecule has 0 saturated carbocycles. The van der Waals surface area contributed by atoms with E-state index in [0.717, 1.165) is 0 Å². The first kappa shape index (κ1) is 18.1. The number of hydrogen-bond acceptors (Lipinski definition) is 3. The molecule has 0 spiro atoms. The monoisotopic (exact) mass is 366 g/mol. The summed E-state index contributed by atoms with van der Waals surface area (Å²) in [6.45, 7) is 1.76. The molecule has 0 fully saturated rings. The molecule has 2 aromatic carbocycles. The second-order valence-electron chi connectivity index (χ2n) is 4.91. The molecule has 5 nitrogen and oxygen atoms in total. The number of carbonyl (C=O) groups is 2. The highest BCUT2D eigenvalue weighted by Gasteiger charge is 2.14. The second kappa shape index (κ2) is 8.04. The van der Waals surface area contributed by atoms with Crippen molar-refractivity contribution in [3.05, 3.63) is 52.0 Å². The third kappa shape index (κ3) is 4.40. The number of anilines is 2. The lowest BCUT2D eigenvalue weighted by molar-refractivity contribution is -0.115. The van der Waals surface area contributed by atoms with Crippen molar-refractivity contribution in [2.24, 2.45) is 0 Å². The molecule has 2 amide bonds. The van der Waals surface area contributed by atoms with Gasteiger partial charge in [-0.1, -0.05) is 36.2 Å². The summed E-state index contributed by atoms with van der Waals surface area (Å²) in [5.74, 6) is -0.160. The molecular weight excluding hydrogens is 351 g/mol. The SMILES string of the molecule is CCC(=O)Nc1cccc(NC(=O)c2cc(Cl)c(OC)c(Cl)c2)c1. The molecule has 2 rings (SSSR count). The van der Waals surface area contributed by atoms with Crippen molar-refractivity contribution >= 4 is 46.4 Å². The Balaban J connectivity index is 2.18. The van der Waals surface area contributed by atoms with Crippen LogP contribution in [0.1, 0.15) is 23.7 Å². The molecule has 2 N–H and O–H groups in total. The van der Waals surface area contributed by atoms with Crippen LogP contribution >= 0.6 is 23.2 Å². The minimum absolute atomic E-state index is 0.104. The fourth-order valence-corrected chi connectivity index (χ4v) is 2.65. The second-order valence-corrected chi connectivity index (χ2v) is 5.72. The van der Waals surface area contributed by atoms with Gasteiger partial charge in [0.2, 0.25) is 5.91 Å². The van der Waals surface area contributed by atoms with Gasteiger partial charge in [-0.2, -0.15) is 0 Å². The standard InChI is InChI=1S/C17H16Cl2N2O3/c1-3-15(22)20-11-5-4-6-12(9-11)21-17(23)10-7-13(18)16(24-2)14(19)8-10/h4-9H,3H2,1-2H3,(H,20,22)(H,21,23). The quantitative estimate of drug-likeness (QED) is 0.812. The van der Waals surface area contributed by atoms with E-state index in [4.69, 9.17) is 27.9 Å². The normalized spacial score (nSPS) is 10.2. The first-order chi connectivity index (χ1) is 11.4. The number of nitrogens with one attached hydrogen (secondary N) is 2. The van der Waals surface area contributed by atoms with Crippen molar-refractivity contribution in [3.63, 3.8) is 0 Å². The van der Waals surface area contributed by atoms with Crippen LogP contribution < -0.4 is 15.4 Å². The van der Waals surface area contributed by atoms with E-state index in [9.17, 15) is 9.59 Å². The molecule has 24 heavy (non-hydrogen) atoms. The van der Waals surface area contributed by atoms with Crippen LogP contribution in [0.2, 0.25) is 10.0 Å². The van der Waals surface area contributed by atoms with Crippen LogP contribution in [0.4, 0.5) is 11.4 Å². The molecule has 2 aromatic rings. The number of rotatable bonds is 5. The summed E-state index contributed by atoms with van der Waals surface area (Å²) in [6.07, 6.45) is 0.374. The van der Waals surface area contributed by atoms with Crippen molar-refractivity contribution in [1.82, 2.24) is 0 Å². The minimum atomic E-state index is -0.375. The molecule has 126 valence electrons. The van der Waals surface area contributed by atoms with Gasteiger partial charge in [-0.3, -0.25) is 9.59 Å². The van der Waals surface area contributed by atoms with Gasteiger partial charge in [-0.25, -0.2) is 0 Å². The zero-order valence-electron chi connectivity index (χ0n) is 13.2. The van der Waals surface area contributed by atoms with E-state index in [1.165, 1.54) is 19.2 Å². The van der Waals surface area contributed by atoms with E-state index >= 15 is 0 Å². The molecule has 0 aliphatic rings. The molecule has 0 aromatic heterocycles. The van der Waals surface area contributed by atoms with Crippen LogP contribution in [-0.4, -0.2) is 18.9 Å². The Labute approximate surface area is 149 Å². The third-order valence-electron chi connectivity index (χ3n) is 3.19. The largest absolute Gasteiger partial charge is 0.494 e. The van der Waals surface area contributed by atoms with Gasteiger partial charge in [0.05, 0.1) is 17.2 Å². The summed E-state index contributed by atoms with van der Waals surface area (Å²) in [5, 5.41) is 5.96. The zero-order valence-corrected chi connectivity index (χ0v) is 14.7. The van der Waals surface area contributed by atoms with Gasteiger partial charge in [0.1, 0.15) is 0 Å². The molecule has 7 heteroatoms. The lowest BCUT2D eigenvalue weighted by Gasteiger charge is -2.10. The number of methoxy groups -OCH3 is 1. The molecule has 0 saturated heterocycles. The lowest BCUT2D eigenvalue weighted by atomic mass is 10.2. The van der Waals surface area contributed by atoms with Gasteiger partial charge in [0.25, 0.3) is 5.91 Å². The van der Waals surface area contributed by atoms with Gasteiger partial charge in [0, 0.05) is 23.4 Å². The maximum Gasteiger partial charge on any atom is 0.255 e. The highest BCUT2D eigenvalue weighted by Crippen LogP contribution is 2.34. The van der Waals surface area contributed by atoms with Crippen molar-refractivity contribution in [3.8, 4) is 5.75 Å². The van der Waals surface area contributed by atoms with E-state index in [-0.39, 0.29) is 21.9 Å². The topological polar surface area (TPSA) is 67.4 Å². The van der Waals surface area contributed by atoms with Crippen molar-refractivity contribution in [1.29, 1.82) is 0 Å². The summed E-state index contributed by atoms with van der Waals surface area (Å²) in [4.78, 5) is 23.8. The Hall–Kier alpha value is -2.24. The van der Waals surface area contributed by atoms with Gasteiger partial charge in [-0.05, 0) is 30.3 Å². The van der Waals surface area contributed by atoms with E-state index in [1.54, 1.807) is 31.2 Å². The van der Waals surface area contributed by atoms with Crippen LogP contribution in [0.15, 0.2) is 36.4 Å². The average molecular weight is 367 g/mol. The maximum atomic E-state index is 12.4. The number of halogens is 2. The predicted octanol–water partition coefficient (Wildman–Crippen LogP) is 4.60. The highest BCUT2D eigenvalue weighted by molar-refractivity contribution is 6.37. The predicted molar refractivity (Wildman–Crippen MR) is 96.3 cm³/mol. The fraction of sp³-hybridized carbons (Fsp3) is 0.176. The number of benzene rings is 2. The van der Waals surface area contributed by atoms with Gasteiger partial charge < -0.3 is 15.4 Å². The summed E-state index contributed by atoms with van der Waals surface area (Å²) in [7, 11) is 1.45. The zero-order chi connectivity index (χ0) is 17.7. The summed E-state index contributed by atoms with van der Waals surface area (Å²) in [6, 6.07) is 9.80. The molecule has 0 bridgehead atoms. The smallest absolute Gasteiger partial charge is 0.255 e. The van der Waals surface area contributed by atoms with E-state index in [0.29, 0.717) is 29.1 Å². The van der Waals surface area contributed by atoms with Crippen molar-refractivity contribution < 1.29 is 14.3 Å². The number of ether oxygens (including phenoxy) is 1. The number of hydrogen-bond donors (Lipinski definition) is 2. The van der Waals surface area contributed by atoms with Gasteiger partial charge in [0.15, 0.2) is 5.75 Å². The first-order valence-electron chi connectivity index (χ1n) is 7.19. The van der Waals surface area contributed by atoms with E-state index in [1.807, 2.05) is 0 Å². The van der Waals surface area contributed by atoms with Gasteiger partial charge in [-0.15, -0.1) is 0 Å². The summed E-state index contributed by atoms with van der Waals surface area (Å²) in [5.41, 5.74) is 1.44. The molecule has 0 unspecified atom stereocenters. The van der Waals surface area contributed by atoms with Crippen LogP contribution in [0.25, 0.3) is 0 Å². The lowest BCUT2D eigenvalue weighted by Crippen LogP contribution is -2.13. The minimum Gasteiger partial charge on any atom is -0.494 e. The average Bonchev–Trinajstić information content (AvgIpc) is 2.54. The molecule has 0 aliphatic heterocycles. The van der Waals surface area contributed by atoms with Crippen LogP contribution in [0, 0.1) is 0 Å². The Morgan fingerprint density at radius 2 is 1.62 bits per heavy atom. The molecular formula is C17H16Cl2N2O3. The van der Waals surface area contributed by atoms with E-state index < -0.39 is 0 Å². The van der Waals surface area contributed by atoms with Crippen molar-refractivity contribution in [2.45, 2.75) is 13.3 Å².